The molecule has 0 spiro atoms. The number of hydrogen-bond donors (Lipinski definition) is 3. The zero-order valence-electron chi connectivity index (χ0n) is 11.0. The fourth-order valence-corrected chi connectivity index (χ4v) is 2.48. The van der Waals surface area contributed by atoms with Crippen molar-refractivity contribution >= 4 is 23.7 Å². The highest BCUT2D eigenvalue weighted by atomic mass is 32.2. The first-order chi connectivity index (χ1) is 10.1. The molecular formula is C13H12N4O3S. The topological polar surface area (TPSA) is 100 Å². The lowest BCUT2D eigenvalue weighted by Gasteiger charge is -2.22. The van der Waals surface area contributed by atoms with Crippen LogP contribution in [0.3, 0.4) is 0 Å². The minimum atomic E-state index is -1.07. The van der Waals surface area contributed by atoms with E-state index in [0.29, 0.717) is 11.1 Å². The predicted octanol–water partition coefficient (Wildman–Crippen LogP) is 1.69. The summed E-state index contributed by atoms with van der Waals surface area (Å²) in [6.45, 7) is 0. The number of thioether (sulfide) groups is 1. The van der Waals surface area contributed by atoms with Crippen LogP contribution in [0.15, 0.2) is 41.2 Å². The summed E-state index contributed by atoms with van der Waals surface area (Å²) < 4.78 is 1.60. The van der Waals surface area contributed by atoms with E-state index < -0.39 is 12.0 Å². The molecule has 0 saturated carbocycles. The Kier molecular flexibility index (Phi) is 3.30. The van der Waals surface area contributed by atoms with Crippen molar-refractivity contribution in [3.8, 4) is 5.75 Å². The number of phenols is 1. The fraction of sp³-hybridized carbons (Fsp3) is 0.154. The van der Waals surface area contributed by atoms with E-state index in [9.17, 15) is 15.0 Å². The van der Waals surface area contributed by atoms with Gasteiger partial charge in [-0.15, -0.1) is 5.10 Å². The van der Waals surface area contributed by atoms with E-state index in [0.717, 1.165) is 5.56 Å². The summed E-state index contributed by atoms with van der Waals surface area (Å²) in [5.74, 6) is -0.587. The number of benzene rings is 1. The third kappa shape index (κ3) is 2.45. The Labute approximate surface area is 124 Å². The van der Waals surface area contributed by atoms with Gasteiger partial charge in [0.25, 0.3) is 0 Å². The van der Waals surface area contributed by atoms with E-state index in [1.807, 2.05) is 6.26 Å². The molecule has 1 aliphatic rings. The monoisotopic (exact) mass is 304 g/mol. The van der Waals surface area contributed by atoms with Crippen LogP contribution >= 0.6 is 11.8 Å². The van der Waals surface area contributed by atoms with E-state index in [2.05, 4.69) is 15.4 Å². The van der Waals surface area contributed by atoms with Gasteiger partial charge < -0.3 is 15.5 Å². The number of carboxylic acids is 1. The third-order valence-electron chi connectivity index (χ3n) is 3.07. The van der Waals surface area contributed by atoms with Gasteiger partial charge in [-0.05, 0) is 30.0 Å². The smallest absolute Gasteiger partial charge is 0.352 e. The lowest BCUT2D eigenvalue weighted by molar-refractivity contribution is -0.132. The number of aromatic nitrogens is 3. The molecule has 0 saturated heterocycles. The van der Waals surface area contributed by atoms with Crippen LogP contribution in [0.1, 0.15) is 11.6 Å². The van der Waals surface area contributed by atoms with Gasteiger partial charge in [0, 0.05) is 0 Å². The molecule has 0 amide bonds. The van der Waals surface area contributed by atoms with Crippen molar-refractivity contribution in [2.75, 3.05) is 11.6 Å². The number of hydrogen-bond acceptors (Lipinski definition) is 6. The van der Waals surface area contributed by atoms with Crippen molar-refractivity contribution in [3.05, 3.63) is 41.6 Å². The molecule has 1 aromatic carbocycles. The van der Waals surface area contributed by atoms with Crippen molar-refractivity contribution in [1.29, 1.82) is 0 Å². The zero-order chi connectivity index (χ0) is 15.0. The molecule has 0 unspecified atom stereocenters. The van der Waals surface area contributed by atoms with Gasteiger partial charge in [-0.1, -0.05) is 23.9 Å². The molecule has 0 bridgehead atoms. The van der Waals surface area contributed by atoms with Crippen LogP contribution < -0.4 is 5.32 Å². The Hall–Kier alpha value is -2.48. The van der Waals surface area contributed by atoms with Crippen molar-refractivity contribution in [2.45, 2.75) is 11.2 Å². The largest absolute Gasteiger partial charge is 0.508 e. The van der Waals surface area contributed by atoms with Gasteiger partial charge >= 0.3 is 5.97 Å². The summed E-state index contributed by atoms with van der Waals surface area (Å²) in [4.78, 5) is 15.5. The number of rotatable bonds is 3. The molecule has 1 aromatic heterocycles. The molecule has 3 N–H and O–H groups in total. The number of aromatic hydroxyl groups is 1. The highest BCUT2D eigenvalue weighted by molar-refractivity contribution is 7.98. The number of carboxylic acid groups (broad SMARTS) is 1. The summed E-state index contributed by atoms with van der Waals surface area (Å²) in [7, 11) is 0. The average molecular weight is 304 g/mol. The number of nitrogens with zero attached hydrogens (tertiary/aromatic N) is 3. The fourth-order valence-electron chi connectivity index (χ4n) is 2.13. The van der Waals surface area contributed by atoms with Crippen molar-refractivity contribution in [3.63, 3.8) is 0 Å². The highest BCUT2D eigenvalue weighted by Crippen LogP contribution is 2.31. The van der Waals surface area contributed by atoms with E-state index in [1.165, 1.54) is 11.8 Å². The Morgan fingerprint density at radius 1 is 1.48 bits per heavy atom. The molecule has 21 heavy (non-hydrogen) atoms. The maximum atomic E-state index is 11.2. The van der Waals surface area contributed by atoms with E-state index >= 15 is 0 Å². The molecule has 0 aliphatic carbocycles. The summed E-state index contributed by atoms with van der Waals surface area (Å²) in [5.41, 5.74) is 0.768. The van der Waals surface area contributed by atoms with Gasteiger partial charge in [-0.2, -0.15) is 4.98 Å². The Morgan fingerprint density at radius 3 is 2.95 bits per heavy atom. The standard InChI is InChI=1S/C13H12N4O3S/c1-21-13-15-12-14-9(11(19)20)6-10(17(12)16-13)7-3-2-4-8(18)5-7/h2-6,10,18H,1H3,(H,19,20)(H,14,15,16)/t10-/m1/s1. The molecule has 2 aromatic rings. The Balaban J connectivity index is 2.12. The van der Waals surface area contributed by atoms with Crippen molar-refractivity contribution in [1.82, 2.24) is 14.8 Å². The lowest BCUT2D eigenvalue weighted by Crippen LogP contribution is -2.24. The molecule has 0 fully saturated rings. The Bertz CT molecular complexity index is 741. The molecular weight excluding hydrogens is 292 g/mol. The second kappa shape index (κ2) is 5.13. The number of nitrogens with one attached hydrogen (secondary N) is 1. The van der Waals surface area contributed by atoms with Gasteiger partial charge in [0.05, 0.1) is 0 Å². The van der Waals surface area contributed by atoms with Crippen LogP contribution in [0.4, 0.5) is 5.95 Å². The summed E-state index contributed by atoms with van der Waals surface area (Å²) in [5, 5.41) is 26.4. The van der Waals surface area contributed by atoms with E-state index in [4.69, 9.17) is 0 Å². The minimum absolute atomic E-state index is 0.0379. The first kappa shape index (κ1) is 13.5. The molecule has 1 aliphatic heterocycles. The van der Waals surface area contributed by atoms with Crippen LogP contribution in [0.25, 0.3) is 0 Å². The van der Waals surface area contributed by atoms with Gasteiger partial charge in [0.2, 0.25) is 11.1 Å². The predicted molar refractivity (Wildman–Crippen MR) is 77.4 cm³/mol. The normalized spacial score (nSPS) is 16.8. The molecule has 3 rings (SSSR count). The first-order valence-corrected chi connectivity index (χ1v) is 7.32. The quantitative estimate of drug-likeness (QED) is 0.742. The number of allylic oxidation sites excluding steroid dienone is 1. The first-order valence-electron chi connectivity index (χ1n) is 6.10. The number of carbonyl (C=O) groups is 1. The molecule has 7 nitrogen and oxygen atoms in total. The van der Waals surface area contributed by atoms with Gasteiger partial charge in [0.15, 0.2) is 0 Å². The van der Waals surface area contributed by atoms with Crippen LogP contribution in [0.5, 0.6) is 5.75 Å². The van der Waals surface area contributed by atoms with E-state index in [-0.39, 0.29) is 11.4 Å². The van der Waals surface area contributed by atoms with Gasteiger partial charge in [0.1, 0.15) is 17.5 Å². The van der Waals surface area contributed by atoms with E-state index in [1.54, 1.807) is 35.0 Å². The molecule has 2 heterocycles. The van der Waals surface area contributed by atoms with Crippen LogP contribution in [-0.2, 0) is 4.79 Å². The van der Waals surface area contributed by atoms with Gasteiger partial charge in [-0.3, -0.25) is 0 Å². The number of anilines is 1. The number of aliphatic carboxylic acids is 1. The maximum absolute atomic E-state index is 11.2. The second-order valence-corrected chi connectivity index (χ2v) is 5.19. The molecule has 0 radical (unpaired) electrons. The zero-order valence-corrected chi connectivity index (χ0v) is 11.8. The van der Waals surface area contributed by atoms with Crippen LogP contribution in [0, 0.1) is 0 Å². The Morgan fingerprint density at radius 2 is 2.29 bits per heavy atom. The lowest BCUT2D eigenvalue weighted by atomic mass is 10.0. The second-order valence-electron chi connectivity index (χ2n) is 4.42. The van der Waals surface area contributed by atoms with Crippen molar-refractivity contribution < 1.29 is 15.0 Å². The van der Waals surface area contributed by atoms with Gasteiger partial charge in [-0.25, -0.2) is 9.48 Å². The maximum Gasteiger partial charge on any atom is 0.352 e. The van der Waals surface area contributed by atoms with Crippen LogP contribution in [-0.4, -0.2) is 37.2 Å². The summed E-state index contributed by atoms with van der Waals surface area (Å²) in [6, 6.07) is 6.20. The average Bonchev–Trinajstić information content (AvgIpc) is 2.89. The number of phenolic OH excluding ortho intramolecular Hbond substituents is 1. The third-order valence-corrected chi connectivity index (χ3v) is 3.61. The minimum Gasteiger partial charge on any atom is -0.508 e. The van der Waals surface area contributed by atoms with Crippen molar-refractivity contribution in [2.24, 2.45) is 0 Å². The molecule has 8 heteroatoms. The molecule has 108 valence electrons. The van der Waals surface area contributed by atoms with Crippen LogP contribution in [0.2, 0.25) is 0 Å². The SMILES string of the molecule is CSc1nc2n(n1)[C@@H](c1cccc(O)c1)C=C(C(=O)O)N2. The highest BCUT2D eigenvalue weighted by Gasteiger charge is 2.27. The number of fused-ring (bicyclic) bond motifs is 1. The summed E-state index contributed by atoms with van der Waals surface area (Å²) in [6.07, 6.45) is 3.39. The molecule has 1 atom stereocenters. The summed E-state index contributed by atoms with van der Waals surface area (Å²) >= 11 is 1.37.